The normalized spacial score (nSPS) is 23.1. The van der Waals surface area contributed by atoms with Crippen LogP contribution in [0.5, 0.6) is 0 Å². The van der Waals surface area contributed by atoms with Crippen molar-refractivity contribution in [3.05, 3.63) is 68.5 Å². The molecule has 0 bridgehead atoms. The zero-order chi connectivity index (χ0) is 18.0. The summed E-state index contributed by atoms with van der Waals surface area (Å²) in [6.07, 6.45) is 0.487. The molecule has 1 saturated heterocycles. The van der Waals surface area contributed by atoms with Gasteiger partial charge in [-0.15, -0.1) is 0 Å². The van der Waals surface area contributed by atoms with Gasteiger partial charge in [-0.25, -0.2) is 9.36 Å². The van der Waals surface area contributed by atoms with E-state index in [2.05, 4.69) is 0 Å². The Bertz CT molecular complexity index is 833. The fraction of sp³-hybridized carbons (Fsp3) is 0.444. The molecular weight excluding hydrogens is 324 g/mol. The zero-order valence-corrected chi connectivity index (χ0v) is 14.3. The molecule has 0 spiro atoms. The van der Waals surface area contributed by atoms with E-state index in [9.17, 15) is 14.7 Å². The van der Waals surface area contributed by atoms with Gasteiger partial charge in [0, 0.05) is 24.1 Å². The van der Waals surface area contributed by atoms with Gasteiger partial charge in [0.05, 0.1) is 6.61 Å². The van der Waals surface area contributed by atoms with Gasteiger partial charge in [0.2, 0.25) is 0 Å². The number of hydrogen-bond donors (Lipinski definition) is 1. The Morgan fingerprint density at radius 1 is 1.28 bits per heavy atom. The smallest absolute Gasteiger partial charge is 0.335 e. The summed E-state index contributed by atoms with van der Waals surface area (Å²) < 4.78 is 13.4. The van der Waals surface area contributed by atoms with Gasteiger partial charge in [-0.2, -0.15) is 0 Å². The topological polar surface area (TPSA) is 82.7 Å². The quantitative estimate of drug-likeness (QED) is 0.884. The summed E-state index contributed by atoms with van der Waals surface area (Å²) in [5, 5.41) is 9.75. The number of ether oxygens (including phenoxy) is 2. The van der Waals surface area contributed by atoms with Crippen molar-refractivity contribution >= 4 is 0 Å². The maximum Gasteiger partial charge on any atom is 0.335 e. The monoisotopic (exact) mass is 346 g/mol. The molecule has 3 atom stereocenters. The Hall–Kier alpha value is -2.22. The van der Waals surface area contributed by atoms with Crippen LogP contribution < -0.4 is 11.2 Å². The Labute approximate surface area is 145 Å². The van der Waals surface area contributed by atoms with E-state index < -0.39 is 18.2 Å². The van der Waals surface area contributed by atoms with E-state index in [1.165, 1.54) is 10.8 Å². The summed E-state index contributed by atoms with van der Waals surface area (Å²) in [5.74, 6) is -0.0769. The molecule has 7 heteroatoms. The van der Waals surface area contributed by atoms with Crippen LogP contribution in [0.1, 0.15) is 30.7 Å². The molecule has 1 N–H and O–H groups in total. The van der Waals surface area contributed by atoms with Gasteiger partial charge in [-0.3, -0.25) is 9.36 Å². The molecule has 7 nitrogen and oxygen atoms in total. The molecule has 0 aliphatic carbocycles. The van der Waals surface area contributed by atoms with Crippen LogP contribution >= 0.6 is 0 Å². The molecule has 1 fully saturated rings. The maximum atomic E-state index is 12.7. The van der Waals surface area contributed by atoms with Crippen molar-refractivity contribution < 1.29 is 14.6 Å². The minimum Gasteiger partial charge on any atom is -0.368 e. The molecular formula is C18H22N2O5. The lowest BCUT2D eigenvalue weighted by atomic mass is 10.1. The molecule has 1 aliphatic rings. The highest BCUT2D eigenvalue weighted by atomic mass is 16.6. The lowest BCUT2D eigenvalue weighted by Gasteiger charge is -2.17. The third-order valence-corrected chi connectivity index (χ3v) is 4.37. The number of hydrogen-bond acceptors (Lipinski definition) is 5. The van der Waals surface area contributed by atoms with Gasteiger partial charge < -0.3 is 14.6 Å². The van der Waals surface area contributed by atoms with E-state index in [0.717, 1.165) is 10.1 Å². The summed E-state index contributed by atoms with van der Waals surface area (Å²) in [4.78, 5) is 25.0. The SMILES string of the molecule is Cc1cn(C2C[C@H](C)C(O)O2)c(=O)n(COCc2ccccc2)c1=O. The second kappa shape index (κ2) is 7.35. The van der Waals surface area contributed by atoms with Crippen LogP contribution in [0.3, 0.4) is 0 Å². The molecule has 1 aromatic heterocycles. The van der Waals surface area contributed by atoms with Crippen LogP contribution in [0.25, 0.3) is 0 Å². The largest absolute Gasteiger partial charge is 0.368 e. The Morgan fingerprint density at radius 2 is 2.00 bits per heavy atom. The van der Waals surface area contributed by atoms with Gasteiger partial charge in [-0.05, 0) is 12.5 Å². The summed E-state index contributed by atoms with van der Waals surface area (Å²) in [5.41, 5.74) is 0.482. The van der Waals surface area contributed by atoms with E-state index in [0.29, 0.717) is 18.6 Å². The lowest BCUT2D eigenvalue weighted by molar-refractivity contribution is -0.126. The zero-order valence-electron chi connectivity index (χ0n) is 14.3. The number of aromatic nitrogens is 2. The fourth-order valence-corrected chi connectivity index (χ4v) is 2.87. The van der Waals surface area contributed by atoms with E-state index in [1.54, 1.807) is 6.92 Å². The van der Waals surface area contributed by atoms with Gasteiger partial charge in [-0.1, -0.05) is 37.3 Å². The van der Waals surface area contributed by atoms with E-state index in [4.69, 9.17) is 9.47 Å². The first-order valence-corrected chi connectivity index (χ1v) is 8.25. The highest BCUT2D eigenvalue weighted by Gasteiger charge is 2.32. The molecule has 2 aromatic rings. The number of aliphatic hydroxyl groups excluding tert-OH is 1. The molecule has 1 aromatic carbocycles. The summed E-state index contributed by atoms with van der Waals surface area (Å²) in [6.45, 7) is 3.65. The first kappa shape index (κ1) is 17.6. The van der Waals surface area contributed by atoms with Crippen molar-refractivity contribution in [3.63, 3.8) is 0 Å². The Kier molecular flexibility index (Phi) is 5.17. The Morgan fingerprint density at radius 3 is 2.64 bits per heavy atom. The third kappa shape index (κ3) is 3.73. The number of aryl methyl sites for hydroxylation is 1. The van der Waals surface area contributed by atoms with Crippen LogP contribution in [-0.2, 0) is 22.8 Å². The van der Waals surface area contributed by atoms with E-state index >= 15 is 0 Å². The average Bonchev–Trinajstić information content (AvgIpc) is 2.94. The highest BCUT2D eigenvalue weighted by Crippen LogP contribution is 2.30. The summed E-state index contributed by atoms with van der Waals surface area (Å²) >= 11 is 0. The van der Waals surface area contributed by atoms with Crippen LogP contribution in [0.15, 0.2) is 46.1 Å². The molecule has 0 amide bonds. The summed E-state index contributed by atoms with van der Waals surface area (Å²) in [7, 11) is 0. The van der Waals surface area contributed by atoms with Crippen molar-refractivity contribution in [1.82, 2.24) is 9.13 Å². The third-order valence-electron chi connectivity index (χ3n) is 4.37. The molecule has 0 radical (unpaired) electrons. The van der Waals surface area contributed by atoms with Crippen LogP contribution in [0.2, 0.25) is 0 Å². The minimum absolute atomic E-state index is 0.0769. The highest BCUT2D eigenvalue weighted by molar-refractivity contribution is 5.13. The average molecular weight is 346 g/mol. The van der Waals surface area contributed by atoms with Gasteiger partial charge in [0.25, 0.3) is 5.56 Å². The van der Waals surface area contributed by atoms with E-state index in [1.807, 2.05) is 37.3 Å². The standard InChI is InChI=1S/C18H22N2O5/c1-12-8-15(25-17(12)22)19-9-13(2)16(21)20(18(19)23)11-24-10-14-6-4-3-5-7-14/h3-7,9,12,15,17,22H,8,10-11H2,1-2H3/t12-,15?,17?/m0/s1. The van der Waals surface area contributed by atoms with Crippen LogP contribution in [-0.4, -0.2) is 20.5 Å². The van der Waals surface area contributed by atoms with Crippen molar-refractivity contribution in [2.24, 2.45) is 5.92 Å². The number of benzene rings is 1. The van der Waals surface area contributed by atoms with Crippen LogP contribution in [0, 0.1) is 12.8 Å². The fourth-order valence-electron chi connectivity index (χ4n) is 2.87. The van der Waals surface area contributed by atoms with Crippen molar-refractivity contribution in [2.45, 2.75) is 46.1 Å². The number of nitrogens with zero attached hydrogens (tertiary/aromatic N) is 2. The molecule has 1 aliphatic heterocycles. The summed E-state index contributed by atoms with van der Waals surface area (Å²) in [6, 6.07) is 9.52. The second-order valence-electron chi connectivity index (χ2n) is 6.39. The number of rotatable bonds is 5. The van der Waals surface area contributed by atoms with Crippen molar-refractivity contribution in [3.8, 4) is 0 Å². The predicted octanol–water partition coefficient (Wildman–Crippen LogP) is 1.37. The molecule has 2 unspecified atom stereocenters. The van der Waals surface area contributed by atoms with Crippen molar-refractivity contribution in [1.29, 1.82) is 0 Å². The first-order chi connectivity index (χ1) is 12.0. The number of aliphatic hydroxyl groups is 1. The molecule has 134 valence electrons. The first-order valence-electron chi connectivity index (χ1n) is 8.25. The van der Waals surface area contributed by atoms with Crippen molar-refractivity contribution in [2.75, 3.05) is 0 Å². The minimum atomic E-state index is -0.910. The van der Waals surface area contributed by atoms with Crippen LogP contribution in [0.4, 0.5) is 0 Å². The lowest BCUT2D eigenvalue weighted by Crippen LogP contribution is -2.42. The maximum absolute atomic E-state index is 12.7. The van der Waals surface area contributed by atoms with Gasteiger partial charge >= 0.3 is 5.69 Å². The Balaban J connectivity index is 1.81. The second-order valence-corrected chi connectivity index (χ2v) is 6.39. The van der Waals surface area contributed by atoms with Gasteiger partial charge in [0.15, 0.2) is 6.29 Å². The van der Waals surface area contributed by atoms with E-state index in [-0.39, 0.29) is 18.2 Å². The van der Waals surface area contributed by atoms with Gasteiger partial charge in [0.1, 0.15) is 13.0 Å². The molecule has 2 heterocycles. The molecule has 25 heavy (non-hydrogen) atoms. The molecule has 0 saturated carbocycles. The molecule has 3 rings (SSSR count). The predicted molar refractivity (Wildman–Crippen MR) is 90.8 cm³/mol.